The molecule has 2 aliphatic heterocycles. The van der Waals surface area contributed by atoms with Crippen molar-refractivity contribution in [2.45, 2.75) is 45.6 Å². The highest BCUT2D eigenvalue weighted by molar-refractivity contribution is 6.36. The number of aryl methyl sites for hydroxylation is 2. The summed E-state index contributed by atoms with van der Waals surface area (Å²) in [6, 6.07) is 7.23. The summed E-state index contributed by atoms with van der Waals surface area (Å²) in [5.41, 5.74) is 2.99. The number of ether oxygens (including phenoxy) is 2. The summed E-state index contributed by atoms with van der Waals surface area (Å²) in [6.45, 7) is 7.00. The van der Waals surface area contributed by atoms with Crippen LogP contribution in [-0.4, -0.2) is 41.9 Å². The van der Waals surface area contributed by atoms with Crippen LogP contribution in [0.1, 0.15) is 46.3 Å². The van der Waals surface area contributed by atoms with Crippen LogP contribution in [0.3, 0.4) is 0 Å². The molecule has 0 saturated carbocycles. The largest absolute Gasteiger partial charge is 0.484 e. The van der Waals surface area contributed by atoms with E-state index in [1.54, 1.807) is 17.0 Å². The number of ketones is 1. The van der Waals surface area contributed by atoms with Crippen LogP contribution in [0, 0.1) is 20.8 Å². The molecule has 0 bridgehead atoms. The lowest BCUT2D eigenvalue weighted by molar-refractivity contribution is -0.136. The van der Waals surface area contributed by atoms with Gasteiger partial charge in [0, 0.05) is 31.0 Å². The van der Waals surface area contributed by atoms with Gasteiger partial charge >= 0.3 is 0 Å². The number of nitrogens with zero attached hydrogens (tertiary/aromatic N) is 1. The van der Waals surface area contributed by atoms with E-state index in [1.807, 2.05) is 32.9 Å². The molecule has 1 amide bonds. The summed E-state index contributed by atoms with van der Waals surface area (Å²) >= 11 is 12.3. The Labute approximate surface area is 192 Å². The van der Waals surface area contributed by atoms with Crippen molar-refractivity contribution >= 4 is 34.9 Å². The fourth-order valence-corrected chi connectivity index (χ4v) is 4.86. The van der Waals surface area contributed by atoms with E-state index in [1.165, 1.54) is 0 Å². The molecular weight excluding hydrogens is 437 g/mol. The van der Waals surface area contributed by atoms with Crippen LogP contribution < -0.4 is 9.47 Å². The van der Waals surface area contributed by atoms with Crippen LogP contribution in [0.15, 0.2) is 24.3 Å². The minimum absolute atomic E-state index is 0.00885. The molecule has 1 fully saturated rings. The molecule has 0 aliphatic carbocycles. The molecule has 0 N–H and O–H groups in total. The van der Waals surface area contributed by atoms with E-state index in [2.05, 4.69) is 0 Å². The van der Waals surface area contributed by atoms with Crippen molar-refractivity contribution in [3.8, 4) is 11.5 Å². The average molecular weight is 462 g/mol. The molecular formula is C24H25Cl2NO4. The first-order valence-electron chi connectivity index (χ1n) is 10.4. The van der Waals surface area contributed by atoms with E-state index in [-0.39, 0.29) is 24.7 Å². The molecule has 0 radical (unpaired) electrons. The van der Waals surface area contributed by atoms with Crippen molar-refractivity contribution in [1.82, 2.24) is 4.90 Å². The lowest BCUT2D eigenvalue weighted by Gasteiger charge is -2.44. The van der Waals surface area contributed by atoms with Crippen molar-refractivity contribution in [3.05, 3.63) is 56.6 Å². The summed E-state index contributed by atoms with van der Waals surface area (Å²) in [4.78, 5) is 27.3. The molecule has 2 heterocycles. The molecule has 31 heavy (non-hydrogen) atoms. The highest BCUT2D eigenvalue weighted by Gasteiger charge is 2.44. The molecule has 2 aromatic carbocycles. The number of hydrogen-bond donors (Lipinski definition) is 0. The number of carbonyl (C=O) groups is 2. The van der Waals surface area contributed by atoms with Crippen LogP contribution in [0.2, 0.25) is 10.0 Å². The van der Waals surface area contributed by atoms with Gasteiger partial charge in [0.2, 0.25) is 0 Å². The van der Waals surface area contributed by atoms with E-state index in [0.29, 0.717) is 47.3 Å². The van der Waals surface area contributed by atoms with E-state index in [0.717, 1.165) is 22.4 Å². The van der Waals surface area contributed by atoms with Gasteiger partial charge in [-0.25, -0.2) is 0 Å². The van der Waals surface area contributed by atoms with Crippen molar-refractivity contribution in [1.29, 1.82) is 0 Å². The van der Waals surface area contributed by atoms with Gasteiger partial charge in [0.05, 0.1) is 17.0 Å². The van der Waals surface area contributed by atoms with Gasteiger partial charge in [0.1, 0.15) is 17.1 Å². The van der Waals surface area contributed by atoms with Gasteiger partial charge in [-0.3, -0.25) is 9.59 Å². The van der Waals surface area contributed by atoms with E-state index < -0.39 is 5.60 Å². The summed E-state index contributed by atoms with van der Waals surface area (Å²) in [5.74, 6) is 1.07. The maximum absolute atomic E-state index is 12.8. The van der Waals surface area contributed by atoms with Crippen LogP contribution in [0.4, 0.5) is 0 Å². The van der Waals surface area contributed by atoms with Crippen molar-refractivity contribution in [2.75, 3.05) is 19.7 Å². The molecule has 0 aromatic heterocycles. The molecule has 7 heteroatoms. The lowest BCUT2D eigenvalue weighted by atomic mass is 9.82. The fraction of sp³-hybridized carbons (Fsp3) is 0.417. The predicted molar refractivity (Wildman–Crippen MR) is 121 cm³/mol. The Bertz CT molecular complexity index is 1060. The van der Waals surface area contributed by atoms with E-state index >= 15 is 0 Å². The van der Waals surface area contributed by atoms with Gasteiger partial charge in [0.25, 0.3) is 5.91 Å². The highest BCUT2D eigenvalue weighted by Crippen LogP contribution is 2.44. The first kappa shape index (κ1) is 22.0. The third kappa shape index (κ3) is 4.26. The second-order valence-electron chi connectivity index (χ2n) is 8.47. The molecule has 0 atom stereocenters. The van der Waals surface area contributed by atoms with Crippen LogP contribution in [0.25, 0.3) is 0 Å². The number of piperidine rings is 1. The smallest absolute Gasteiger partial charge is 0.260 e. The molecule has 5 nitrogen and oxygen atoms in total. The number of carbonyl (C=O) groups excluding carboxylic acids is 2. The van der Waals surface area contributed by atoms with E-state index in [9.17, 15) is 9.59 Å². The third-order valence-corrected chi connectivity index (χ3v) is 6.85. The monoisotopic (exact) mass is 461 g/mol. The van der Waals surface area contributed by atoms with Crippen molar-refractivity contribution in [2.24, 2.45) is 0 Å². The first-order chi connectivity index (χ1) is 14.7. The number of amides is 1. The number of rotatable bonds is 3. The zero-order valence-corrected chi connectivity index (χ0v) is 19.4. The SMILES string of the molecule is Cc1ccc(C)c(OCC(=O)N2CCC3(CC2)CC(=O)c2cc(Cl)cc(Cl)c2O3)c1C. The maximum Gasteiger partial charge on any atom is 0.260 e. The Kier molecular flexibility index (Phi) is 5.93. The van der Waals surface area contributed by atoms with Gasteiger partial charge in [0.15, 0.2) is 12.4 Å². The number of Topliss-reactive ketones (excluding diaryl/α,β-unsaturated/α-hetero) is 1. The Morgan fingerprint density at radius 1 is 1.13 bits per heavy atom. The Hall–Kier alpha value is -2.24. The van der Waals surface area contributed by atoms with Crippen LogP contribution in [-0.2, 0) is 4.79 Å². The zero-order chi connectivity index (χ0) is 22.3. The molecule has 2 aromatic rings. The highest BCUT2D eigenvalue weighted by atomic mass is 35.5. The molecule has 4 rings (SSSR count). The van der Waals surface area contributed by atoms with E-state index in [4.69, 9.17) is 32.7 Å². The van der Waals surface area contributed by atoms with Crippen LogP contribution >= 0.6 is 23.2 Å². The Balaban J connectivity index is 1.40. The third-order valence-electron chi connectivity index (χ3n) is 6.35. The fourth-order valence-electron chi connectivity index (χ4n) is 4.33. The first-order valence-corrected chi connectivity index (χ1v) is 11.1. The number of hydrogen-bond acceptors (Lipinski definition) is 4. The summed E-state index contributed by atoms with van der Waals surface area (Å²) in [5, 5.41) is 0.752. The molecule has 164 valence electrons. The second-order valence-corrected chi connectivity index (χ2v) is 9.32. The normalized spacial score (nSPS) is 17.3. The van der Waals surface area contributed by atoms with Crippen LogP contribution in [0.5, 0.6) is 11.5 Å². The molecule has 2 aliphatic rings. The van der Waals surface area contributed by atoms with Gasteiger partial charge in [-0.05, 0) is 49.6 Å². The predicted octanol–water partition coefficient (Wildman–Crippen LogP) is 5.32. The minimum Gasteiger partial charge on any atom is -0.484 e. The van der Waals surface area contributed by atoms with Crippen molar-refractivity contribution < 1.29 is 19.1 Å². The topological polar surface area (TPSA) is 55.8 Å². The zero-order valence-electron chi connectivity index (χ0n) is 17.9. The van der Waals surface area contributed by atoms with Gasteiger partial charge in [-0.15, -0.1) is 0 Å². The maximum atomic E-state index is 12.8. The van der Waals surface area contributed by atoms with Gasteiger partial charge in [-0.2, -0.15) is 0 Å². The second kappa shape index (κ2) is 8.36. The standard InChI is InChI=1S/C24H25Cl2NO4/c1-14-4-5-15(2)22(16(14)3)30-13-21(29)27-8-6-24(7-9-27)12-20(28)18-10-17(25)11-19(26)23(18)31-24/h4-5,10-11H,6-9,12-13H2,1-3H3. The Morgan fingerprint density at radius 2 is 1.81 bits per heavy atom. The number of likely N-dealkylation sites (tertiary alicyclic amines) is 1. The number of benzene rings is 2. The summed E-state index contributed by atoms with van der Waals surface area (Å²) in [7, 11) is 0. The van der Waals surface area contributed by atoms with Gasteiger partial charge in [-0.1, -0.05) is 35.3 Å². The lowest BCUT2D eigenvalue weighted by Crippen LogP contribution is -2.53. The molecule has 1 saturated heterocycles. The summed E-state index contributed by atoms with van der Waals surface area (Å²) < 4.78 is 12.1. The number of fused-ring (bicyclic) bond motifs is 1. The quantitative estimate of drug-likeness (QED) is 0.619. The number of halogens is 2. The Morgan fingerprint density at radius 3 is 2.52 bits per heavy atom. The minimum atomic E-state index is -0.636. The average Bonchev–Trinajstić information content (AvgIpc) is 2.72. The molecule has 1 spiro atoms. The van der Waals surface area contributed by atoms with Crippen molar-refractivity contribution in [3.63, 3.8) is 0 Å². The van der Waals surface area contributed by atoms with Gasteiger partial charge < -0.3 is 14.4 Å². The molecule has 0 unspecified atom stereocenters. The summed E-state index contributed by atoms with van der Waals surface area (Å²) in [6.07, 6.45) is 1.38.